The number of rotatable bonds is 2. The van der Waals surface area contributed by atoms with Crippen molar-refractivity contribution in [2.24, 2.45) is 0 Å². The van der Waals surface area contributed by atoms with Gasteiger partial charge in [0.2, 0.25) is 0 Å². The minimum Gasteiger partial charge on any atom is -0.310 e. The molecule has 0 radical (unpaired) electrons. The van der Waals surface area contributed by atoms with Gasteiger partial charge >= 0.3 is 0 Å². The van der Waals surface area contributed by atoms with Gasteiger partial charge in [0.15, 0.2) is 11.6 Å². The molecule has 3 nitrogen and oxygen atoms in total. The molecule has 39 heavy (non-hydrogen) atoms. The molecule has 7 rings (SSSR count). The van der Waals surface area contributed by atoms with Gasteiger partial charge in [0.05, 0.1) is 16.9 Å². The SMILES string of the molecule is CC1(C)c2ccccc2N(c2ccccc2)c2ccc3cc(/C=C4/C(=O)c5ccc(Cl)cc5C4=O)ccc3c21. The topological polar surface area (TPSA) is 37.4 Å². The fourth-order valence-electron chi connectivity index (χ4n) is 6.18. The fourth-order valence-corrected chi connectivity index (χ4v) is 6.35. The molecule has 1 aliphatic heterocycles. The molecular formula is C35H24ClNO2. The molecule has 0 bridgehead atoms. The number of hydrogen-bond donors (Lipinski definition) is 0. The van der Waals surface area contributed by atoms with Crippen molar-refractivity contribution < 1.29 is 9.59 Å². The van der Waals surface area contributed by atoms with Crippen LogP contribution in [0.3, 0.4) is 0 Å². The molecular weight excluding hydrogens is 502 g/mol. The summed E-state index contributed by atoms with van der Waals surface area (Å²) in [7, 11) is 0. The molecule has 5 aromatic rings. The molecule has 4 heteroatoms. The molecule has 1 aliphatic carbocycles. The van der Waals surface area contributed by atoms with E-state index in [0.717, 1.165) is 27.7 Å². The Balaban J connectivity index is 1.39. The summed E-state index contributed by atoms with van der Waals surface area (Å²) in [5.41, 5.74) is 7.48. The summed E-state index contributed by atoms with van der Waals surface area (Å²) in [5.74, 6) is -0.535. The predicted octanol–water partition coefficient (Wildman–Crippen LogP) is 9.06. The van der Waals surface area contributed by atoms with Crippen LogP contribution in [-0.4, -0.2) is 11.6 Å². The van der Waals surface area contributed by atoms with Gasteiger partial charge < -0.3 is 4.90 Å². The van der Waals surface area contributed by atoms with Crippen LogP contribution >= 0.6 is 11.6 Å². The molecule has 0 unspecified atom stereocenters. The Morgan fingerprint density at radius 2 is 1.46 bits per heavy atom. The number of nitrogens with zero attached hydrogens (tertiary/aromatic N) is 1. The number of ketones is 2. The minimum absolute atomic E-state index is 0.175. The number of carbonyl (C=O) groups excluding carboxylic acids is 2. The van der Waals surface area contributed by atoms with E-state index in [2.05, 4.69) is 91.5 Å². The quantitative estimate of drug-likeness (QED) is 0.170. The standard InChI is InChI=1S/C35H24ClNO2/c1-35(2)29-10-6-7-11-30(29)37(24-8-4-3-5-9-24)31-17-13-22-18-21(12-15-25(22)32(31)35)19-28-33(38)26-16-14-23(36)20-27(26)34(28)39/h3-20H,1-2H3/b28-19-. The van der Waals surface area contributed by atoms with E-state index in [1.807, 2.05) is 12.1 Å². The molecule has 5 aromatic carbocycles. The molecule has 1 heterocycles. The summed E-state index contributed by atoms with van der Waals surface area (Å²) < 4.78 is 0. The van der Waals surface area contributed by atoms with Crippen LogP contribution in [0.5, 0.6) is 0 Å². The first-order chi connectivity index (χ1) is 18.8. The van der Waals surface area contributed by atoms with Gasteiger partial charge in [0.1, 0.15) is 0 Å². The predicted molar refractivity (Wildman–Crippen MR) is 159 cm³/mol. The molecule has 0 spiro atoms. The third-order valence-electron chi connectivity index (χ3n) is 7.99. The monoisotopic (exact) mass is 525 g/mol. The molecule has 0 amide bonds. The summed E-state index contributed by atoms with van der Waals surface area (Å²) >= 11 is 6.09. The summed E-state index contributed by atoms with van der Waals surface area (Å²) in [5, 5.41) is 2.65. The average Bonchev–Trinajstić information content (AvgIpc) is 3.17. The van der Waals surface area contributed by atoms with E-state index in [1.54, 1.807) is 24.3 Å². The summed E-state index contributed by atoms with van der Waals surface area (Å²) in [6.07, 6.45) is 1.70. The number of Topliss-reactive ketones (excluding diaryl/α,β-unsaturated/α-hetero) is 2. The van der Waals surface area contributed by atoms with Gasteiger partial charge in [-0.25, -0.2) is 0 Å². The van der Waals surface area contributed by atoms with Crippen molar-refractivity contribution in [1.29, 1.82) is 0 Å². The third kappa shape index (κ3) is 3.50. The van der Waals surface area contributed by atoms with Crippen LogP contribution in [0.1, 0.15) is 51.3 Å². The third-order valence-corrected chi connectivity index (χ3v) is 8.23. The largest absolute Gasteiger partial charge is 0.310 e. The molecule has 0 saturated carbocycles. The number of para-hydroxylation sites is 2. The zero-order chi connectivity index (χ0) is 26.9. The number of benzene rings is 5. The van der Waals surface area contributed by atoms with Crippen molar-refractivity contribution >= 4 is 57.1 Å². The summed E-state index contributed by atoms with van der Waals surface area (Å²) in [6.45, 7) is 4.56. The number of fused-ring (bicyclic) bond motifs is 5. The lowest BCUT2D eigenvalue weighted by Gasteiger charge is -2.42. The lowest BCUT2D eigenvalue weighted by molar-refractivity contribution is 0.0990. The van der Waals surface area contributed by atoms with Crippen LogP contribution in [0.25, 0.3) is 16.8 Å². The second-order valence-electron chi connectivity index (χ2n) is 10.7. The zero-order valence-electron chi connectivity index (χ0n) is 21.5. The minimum atomic E-state index is -0.278. The highest BCUT2D eigenvalue weighted by molar-refractivity contribution is 6.42. The molecule has 0 N–H and O–H groups in total. The smallest absolute Gasteiger partial charge is 0.197 e. The van der Waals surface area contributed by atoms with Crippen molar-refractivity contribution in [2.75, 3.05) is 4.90 Å². The first kappa shape index (κ1) is 23.6. The number of carbonyl (C=O) groups is 2. The van der Waals surface area contributed by atoms with Crippen molar-refractivity contribution in [1.82, 2.24) is 0 Å². The first-order valence-corrected chi connectivity index (χ1v) is 13.3. The maximum Gasteiger partial charge on any atom is 0.197 e. The second kappa shape index (κ2) is 8.52. The van der Waals surface area contributed by atoms with Gasteiger partial charge in [0.25, 0.3) is 0 Å². The van der Waals surface area contributed by atoms with Crippen molar-refractivity contribution in [3.8, 4) is 0 Å². The Kier molecular flexibility index (Phi) is 5.16. The number of hydrogen-bond acceptors (Lipinski definition) is 3. The van der Waals surface area contributed by atoms with E-state index in [9.17, 15) is 9.59 Å². The van der Waals surface area contributed by atoms with E-state index in [1.165, 1.54) is 16.8 Å². The second-order valence-corrected chi connectivity index (χ2v) is 11.1. The van der Waals surface area contributed by atoms with E-state index in [0.29, 0.717) is 16.1 Å². The van der Waals surface area contributed by atoms with Crippen LogP contribution in [-0.2, 0) is 5.41 Å². The molecule has 0 fully saturated rings. The normalized spacial score (nSPS) is 16.4. The van der Waals surface area contributed by atoms with Crippen molar-refractivity contribution in [2.45, 2.75) is 19.3 Å². The Labute approximate surface area is 232 Å². The highest BCUT2D eigenvalue weighted by Gasteiger charge is 2.38. The average molecular weight is 526 g/mol. The molecule has 0 saturated heterocycles. The van der Waals surface area contributed by atoms with E-state index in [4.69, 9.17) is 11.6 Å². The Morgan fingerprint density at radius 1 is 0.718 bits per heavy atom. The number of halogens is 1. The van der Waals surface area contributed by atoms with Crippen LogP contribution < -0.4 is 4.90 Å². The Bertz CT molecular complexity index is 1880. The molecule has 2 aliphatic rings. The van der Waals surface area contributed by atoms with Gasteiger partial charge in [-0.05, 0) is 82.1 Å². The Hall–Kier alpha value is -4.47. The molecule has 188 valence electrons. The fraction of sp³-hybridized carbons (Fsp3) is 0.0857. The number of anilines is 3. The highest BCUT2D eigenvalue weighted by atomic mass is 35.5. The Morgan fingerprint density at radius 3 is 2.28 bits per heavy atom. The number of allylic oxidation sites excluding steroid dienone is 1. The summed E-state index contributed by atoms with van der Waals surface area (Å²) in [6, 6.07) is 34.4. The van der Waals surface area contributed by atoms with Crippen LogP contribution in [0.15, 0.2) is 109 Å². The summed E-state index contributed by atoms with van der Waals surface area (Å²) in [4.78, 5) is 28.4. The van der Waals surface area contributed by atoms with E-state index in [-0.39, 0.29) is 22.6 Å². The zero-order valence-corrected chi connectivity index (χ0v) is 22.3. The van der Waals surface area contributed by atoms with Crippen LogP contribution in [0.4, 0.5) is 17.1 Å². The van der Waals surface area contributed by atoms with Gasteiger partial charge in [0, 0.05) is 27.3 Å². The maximum atomic E-state index is 13.0. The molecule has 0 atom stereocenters. The lowest BCUT2D eigenvalue weighted by atomic mass is 9.71. The lowest BCUT2D eigenvalue weighted by Crippen LogP contribution is -2.30. The van der Waals surface area contributed by atoms with Crippen molar-refractivity contribution in [3.63, 3.8) is 0 Å². The molecule has 0 aromatic heterocycles. The van der Waals surface area contributed by atoms with E-state index >= 15 is 0 Å². The van der Waals surface area contributed by atoms with Gasteiger partial charge in [-0.3, -0.25) is 9.59 Å². The van der Waals surface area contributed by atoms with Crippen molar-refractivity contribution in [3.05, 3.63) is 142 Å². The van der Waals surface area contributed by atoms with Gasteiger partial charge in [-0.2, -0.15) is 0 Å². The first-order valence-electron chi connectivity index (χ1n) is 13.0. The van der Waals surface area contributed by atoms with Crippen LogP contribution in [0, 0.1) is 0 Å². The van der Waals surface area contributed by atoms with Crippen LogP contribution in [0.2, 0.25) is 5.02 Å². The highest BCUT2D eigenvalue weighted by Crippen LogP contribution is 2.53. The van der Waals surface area contributed by atoms with E-state index < -0.39 is 0 Å². The van der Waals surface area contributed by atoms with Gasteiger partial charge in [-0.15, -0.1) is 0 Å². The maximum absolute atomic E-state index is 13.0. The van der Waals surface area contributed by atoms with Gasteiger partial charge in [-0.1, -0.05) is 80.0 Å².